The number of furan rings is 1. The predicted molar refractivity (Wildman–Crippen MR) is 90.5 cm³/mol. The van der Waals surface area contributed by atoms with E-state index in [1.165, 1.54) is 12.1 Å². The molecule has 1 saturated heterocycles. The third kappa shape index (κ3) is 4.05. The van der Waals surface area contributed by atoms with Gasteiger partial charge < -0.3 is 9.32 Å². The van der Waals surface area contributed by atoms with Gasteiger partial charge in [-0.2, -0.15) is 11.8 Å². The highest BCUT2D eigenvalue weighted by molar-refractivity contribution is 7.99. The number of nitrogens with zero attached hydrogens (tertiary/aromatic N) is 1. The van der Waals surface area contributed by atoms with Gasteiger partial charge in [0.15, 0.2) is 0 Å². The average Bonchev–Trinajstić information content (AvgIpc) is 2.96. The summed E-state index contributed by atoms with van der Waals surface area (Å²) in [6.45, 7) is 1.31. The minimum atomic E-state index is -0.164. The van der Waals surface area contributed by atoms with Crippen molar-refractivity contribution in [2.24, 2.45) is 0 Å². The maximum atomic E-state index is 13.9. The van der Waals surface area contributed by atoms with Gasteiger partial charge in [0.05, 0.1) is 6.26 Å². The second kappa shape index (κ2) is 7.51. The molecule has 1 amide bonds. The lowest BCUT2D eigenvalue weighted by atomic mass is 10.1. The summed E-state index contributed by atoms with van der Waals surface area (Å²) < 4.78 is 19.1. The van der Waals surface area contributed by atoms with Crippen LogP contribution >= 0.6 is 11.8 Å². The zero-order chi connectivity index (χ0) is 16.1. The smallest absolute Gasteiger partial charge is 0.246 e. The second-order valence-corrected chi connectivity index (χ2v) is 6.65. The van der Waals surface area contributed by atoms with Crippen LogP contribution in [0.2, 0.25) is 0 Å². The molecular weight excluding hydrogens is 313 g/mol. The van der Waals surface area contributed by atoms with Crippen molar-refractivity contribution in [3.63, 3.8) is 0 Å². The summed E-state index contributed by atoms with van der Waals surface area (Å²) >= 11 is 1.71. The number of amides is 1. The van der Waals surface area contributed by atoms with Gasteiger partial charge in [0.2, 0.25) is 5.91 Å². The van der Waals surface area contributed by atoms with E-state index in [1.54, 1.807) is 42.3 Å². The van der Waals surface area contributed by atoms with E-state index in [2.05, 4.69) is 0 Å². The van der Waals surface area contributed by atoms with Gasteiger partial charge in [-0.1, -0.05) is 18.2 Å². The number of thioether (sulfide) groups is 1. The molecule has 1 fully saturated rings. The number of rotatable bonds is 3. The molecule has 0 N–H and O–H groups in total. The van der Waals surface area contributed by atoms with Crippen LogP contribution in [0.15, 0.2) is 53.2 Å². The van der Waals surface area contributed by atoms with Crippen LogP contribution in [0.4, 0.5) is 4.39 Å². The summed E-state index contributed by atoms with van der Waals surface area (Å²) in [7, 11) is 0. The van der Waals surface area contributed by atoms with E-state index in [4.69, 9.17) is 4.42 Å². The summed E-state index contributed by atoms with van der Waals surface area (Å²) in [6, 6.07) is 10.5. The van der Waals surface area contributed by atoms with Crippen LogP contribution < -0.4 is 0 Å². The topological polar surface area (TPSA) is 33.5 Å². The fourth-order valence-electron chi connectivity index (χ4n) is 2.62. The van der Waals surface area contributed by atoms with Crippen LogP contribution in [-0.4, -0.2) is 29.6 Å². The average molecular weight is 331 g/mol. The minimum absolute atomic E-state index is 0.0313. The van der Waals surface area contributed by atoms with Gasteiger partial charge in [0, 0.05) is 35.7 Å². The molecule has 0 aliphatic carbocycles. The summed E-state index contributed by atoms with van der Waals surface area (Å²) in [5.41, 5.74) is 0.734. The SMILES string of the molecule is O=C(C=Cc1ccco1)N1CCSC(c2ccccc2F)CC1. The Bertz CT molecular complexity index is 684. The monoisotopic (exact) mass is 331 g/mol. The molecule has 2 aromatic rings. The molecule has 1 atom stereocenters. The Balaban J connectivity index is 1.62. The molecule has 5 heteroatoms. The van der Waals surface area contributed by atoms with E-state index < -0.39 is 0 Å². The van der Waals surface area contributed by atoms with Crippen LogP contribution in [0.25, 0.3) is 6.08 Å². The second-order valence-electron chi connectivity index (χ2n) is 5.34. The molecule has 23 heavy (non-hydrogen) atoms. The Morgan fingerprint density at radius 1 is 1.26 bits per heavy atom. The maximum absolute atomic E-state index is 13.9. The molecule has 0 radical (unpaired) electrons. The van der Waals surface area contributed by atoms with E-state index in [1.807, 2.05) is 17.0 Å². The van der Waals surface area contributed by atoms with Crippen molar-refractivity contribution in [3.8, 4) is 0 Å². The molecule has 120 valence electrons. The highest BCUT2D eigenvalue weighted by Crippen LogP contribution is 2.35. The molecule has 1 aliphatic rings. The first-order valence-corrected chi connectivity index (χ1v) is 8.65. The van der Waals surface area contributed by atoms with Crippen molar-refractivity contribution in [2.45, 2.75) is 11.7 Å². The molecule has 1 aromatic heterocycles. The summed E-state index contributed by atoms with van der Waals surface area (Å²) in [4.78, 5) is 14.1. The number of benzene rings is 1. The van der Waals surface area contributed by atoms with E-state index in [0.717, 1.165) is 17.7 Å². The van der Waals surface area contributed by atoms with E-state index in [-0.39, 0.29) is 17.0 Å². The van der Waals surface area contributed by atoms with Gasteiger partial charge in [-0.25, -0.2) is 4.39 Å². The number of halogens is 1. The Kier molecular flexibility index (Phi) is 5.18. The van der Waals surface area contributed by atoms with E-state index >= 15 is 0 Å². The van der Waals surface area contributed by atoms with Gasteiger partial charge in [0.25, 0.3) is 0 Å². The van der Waals surface area contributed by atoms with E-state index in [0.29, 0.717) is 18.8 Å². The number of carbonyl (C=O) groups is 1. The van der Waals surface area contributed by atoms with Crippen LogP contribution in [-0.2, 0) is 4.79 Å². The summed E-state index contributed by atoms with van der Waals surface area (Å²) in [6.07, 6.45) is 5.54. The molecular formula is C18H18FNO2S. The van der Waals surface area contributed by atoms with Crippen LogP contribution in [0.3, 0.4) is 0 Å². The zero-order valence-corrected chi connectivity index (χ0v) is 13.5. The van der Waals surface area contributed by atoms with Crippen molar-refractivity contribution in [1.82, 2.24) is 4.90 Å². The predicted octanol–water partition coefficient (Wildman–Crippen LogP) is 4.14. The number of hydrogen-bond acceptors (Lipinski definition) is 3. The number of carbonyl (C=O) groups excluding carboxylic acids is 1. The molecule has 1 aromatic carbocycles. The summed E-state index contributed by atoms with van der Waals surface area (Å²) in [5.74, 6) is 1.27. The van der Waals surface area contributed by atoms with E-state index in [9.17, 15) is 9.18 Å². The normalized spacial score (nSPS) is 19.0. The molecule has 2 heterocycles. The zero-order valence-electron chi connectivity index (χ0n) is 12.7. The number of hydrogen-bond donors (Lipinski definition) is 0. The largest absolute Gasteiger partial charge is 0.465 e. The Hall–Kier alpha value is -2.01. The molecule has 0 spiro atoms. The first-order chi connectivity index (χ1) is 11.2. The van der Waals surface area contributed by atoms with Crippen LogP contribution in [0.1, 0.15) is 23.0 Å². The van der Waals surface area contributed by atoms with Gasteiger partial charge in [0.1, 0.15) is 11.6 Å². The van der Waals surface area contributed by atoms with Crippen LogP contribution in [0, 0.1) is 5.82 Å². The van der Waals surface area contributed by atoms with Crippen molar-refractivity contribution >= 4 is 23.7 Å². The van der Waals surface area contributed by atoms with Gasteiger partial charge in [-0.05, 0) is 30.7 Å². The lowest BCUT2D eigenvalue weighted by Crippen LogP contribution is -2.31. The third-order valence-corrected chi connectivity index (χ3v) is 5.15. The first-order valence-electron chi connectivity index (χ1n) is 7.60. The first kappa shape index (κ1) is 15.9. The molecule has 1 aliphatic heterocycles. The molecule has 0 saturated carbocycles. The quantitative estimate of drug-likeness (QED) is 0.793. The molecule has 3 nitrogen and oxygen atoms in total. The van der Waals surface area contributed by atoms with Gasteiger partial charge >= 0.3 is 0 Å². The Morgan fingerprint density at radius 2 is 2.13 bits per heavy atom. The van der Waals surface area contributed by atoms with Crippen molar-refractivity contribution in [3.05, 3.63) is 65.9 Å². The third-order valence-electron chi connectivity index (χ3n) is 3.84. The molecule has 3 rings (SSSR count). The van der Waals surface area contributed by atoms with Crippen molar-refractivity contribution in [1.29, 1.82) is 0 Å². The van der Waals surface area contributed by atoms with Gasteiger partial charge in [-0.15, -0.1) is 0 Å². The highest BCUT2D eigenvalue weighted by atomic mass is 32.2. The summed E-state index contributed by atoms with van der Waals surface area (Å²) in [5, 5.41) is 0.100. The fourth-order valence-corrected chi connectivity index (χ4v) is 3.87. The Labute approximate surface area is 139 Å². The molecule has 1 unspecified atom stereocenters. The maximum Gasteiger partial charge on any atom is 0.246 e. The molecule has 0 bridgehead atoms. The standard InChI is InChI=1S/C18H18FNO2S/c19-16-6-2-1-5-15(16)17-9-10-20(11-13-23-17)18(21)8-7-14-4-3-12-22-14/h1-8,12,17H,9-11,13H2. The minimum Gasteiger partial charge on any atom is -0.465 e. The lowest BCUT2D eigenvalue weighted by Gasteiger charge is -2.18. The highest BCUT2D eigenvalue weighted by Gasteiger charge is 2.22. The van der Waals surface area contributed by atoms with Crippen molar-refractivity contribution < 1.29 is 13.6 Å². The lowest BCUT2D eigenvalue weighted by molar-refractivity contribution is -0.125. The van der Waals surface area contributed by atoms with Crippen molar-refractivity contribution in [2.75, 3.05) is 18.8 Å². The fraction of sp³-hybridized carbons (Fsp3) is 0.278. The Morgan fingerprint density at radius 3 is 2.91 bits per heavy atom. The van der Waals surface area contributed by atoms with Crippen LogP contribution in [0.5, 0.6) is 0 Å². The van der Waals surface area contributed by atoms with Gasteiger partial charge in [-0.3, -0.25) is 4.79 Å².